The highest BCUT2D eigenvalue weighted by Gasteiger charge is 2.41. The molecule has 0 bridgehead atoms. The molecule has 5 rings (SSSR count). The Kier molecular flexibility index (Phi) is 11.7. The Bertz CT molecular complexity index is 2100. The van der Waals surface area contributed by atoms with Gasteiger partial charge in [-0.2, -0.15) is 22.0 Å². The smallest absolute Gasteiger partial charge is 0.429 e. The maximum Gasteiger partial charge on any atom is 0.431 e. The fourth-order valence-corrected chi connectivity index (χ4v) is 5.88. The summed E-state index contributed by atoms with van der Waals surface area (Å²) in [6.07, 6.45) is -0.712. The number of alkyl halides is 5. The van der Waals surface area contributed by atoms with Gasteiger partial charge in [0.1, 0.15) is 51.8 Å². The first-order valence-corrected chi connectivity index (χ1v) is 16.1. The van der Waals surface area contributed by atoms with Gasteiger partial charge in [-0.05, 0) is 102 Å². The Labute approximate surface area is 301 Å². The Morgan fingerprint density at radius 2 is 1.13 bits per heavy atom. The van der Waals surface area contributed by atoms with E-state index in [9.17, 15) is 26.3 Å². The van der Waals surface area contributed by atoms with E-state index in [1.165, 1.54) is 0 Å². The average Bonchev–Trinajstić information content (AvgIpc) is 3.04. The van der Waals surface area contributed by atoms with Crippen molar-refractivity contribution in [1.29, 1.82) is 0 Å². The van der Waals surface area contributed by atoms with Gasteiger partial charge in [-0.25, -0.2) is 26.3 Å². The Hall–Kier alpha value is -5.10. The van der Waals surface area contributed by atoms with Gasteiger partial charge in [-0.1, -0.05) is 54.1 Å². The van der Waals surface area contributed by atoms with Crippen molar-refractivity contribution in [3.05, 3.63) is 160 Å². The van der Waals surface area contributed by atoms with Crippen molar-refractivity contribution in [3.63, 3.8) is 0 Å². The van der Waals surface area contributed by atoms with Crippen LogP contribution >= 0.6 is 11.6 Å². The van der Waals surface area contributed by atoms with Gasteiger partial charge in [-0.15, -0.1) is 6.58 Å². The third kappa shape index (κ3) is 8.93. The van der Waals surface area contributed by atoms with E-state index in [0.29, 0.717) is 35.9 Å². The molecule has 1 nitrogen and oxygen atoms in total. The minimum absolute atomic E-state index is 0.162. The maximum atomic E-state index is 15.3. The molecule has 276 valence electrons. The fraction of sp³-hybridized carbons (Fsp3) is 0.150. The summed E-state index contributed by atoms with van der Waals surface area (Å²) in [4.78, 5) is 0. The first kappa shape index (κ1) is 39.1. The van der Waals surface area contributed by atoms with Crippen LogP contribution in [0.3, 0.4) is 0 Å². The predicted octanol–water partition coefficient (Wildman–Crippen LogP) is 13.8. The van der Waals surface area contributed by atoms with Crippen LogP contribution in [0, 0.1) is 34.9 Å². The number of aryl methyl sites for hydroxylation is 1. The molecule has 0 amide bonds. The predicted molar refractivity (Wildman–Crippen MR) is 180 cm³/mol. The van der Waals surface area contributed by atoms with E-state index >= 15 is 22.0 Å². The summed E-state index contributed by atoms with van der Waals surface area (Å²) in [6, 6.07) is 12.2. The monoisotopic (exact) mass is 766 g/mol. The molecular formula is C40H26ClF11O. The minimum Gasteiger partial charge on any atom is -0.429 e. The molecule has 0 fully saturated rings. The van der Waals surface area contributed by atoms with E-state index in [4.69, 9.17) is 11.6 Å². The van der Waals surface area contributed by atoms with Crippen molar-refractivity contribution in [1.82, 2.24) is 0 Å². The lowest BCUT2D eigenvalue weighted by atomic mass is 9.97. The zero-order chi connectivity index (χ0) is 38.7. The Morgan fingerprint density at radius 1 is 0.566 bits per heavy atom. The summed E-state index contributed by atoms with van der Waals surface area (Å²) in [7, 11) is 0. The molecule has 0 spiro atoms. The van der Waals surface area contributed by atoms with Gasteiger partial charge < -0.3 is 4.74 Å². The molecule has 0 aromatic heterocycles. The summed E-state index contributed by atoms with van der Waals surface area (Å²) in [5.41, 5.74) is -4.75. The van der Waals surface area contributed by atoms with Gasteiger partial charge in [0, 0.05) is 11.6 Å². The number of hydrogen-bond donors (Lipinski definition) is 0. The van der Waals surface area contributed by atoms with Crippen LogP contribution in [0.2, 0.25) is 5.02 Å². The van der Waals surface area contributed by atoms with Crippen molar-refractivity contribution in [3.8, 4) is 39.1 Å². The van der Waals surface area contributed by atoms with Crippen LogP contribution in [0.4, 0.5) is 48.3 Å². The minimum atomic E-state index is -5.38. The molecule has 0 heterocycles. The highest BCUT2D eigenvalue weighted by Crippen LogP contribution is 2.42. The second kappa shape index (κ2) is 15.9. The molecule has 5 aromatic carbocycles. The van der Waals surface area contributed by atoms with Crippen LogP contribution in [0.15, 0.2) is 104 Å². The lowest BCUT2D eigenvalue weighted by molar-refractivity contribution is -0.187. The van der Waals surface area contributed by atoms with Crippen molar-refractivity contribution < 1.29 is 53.0 Å². The highest BCUT2D eigenvalue weighted by atomic mass is 35.5. The molecule has 5 aromatic rings. The van der Waals surface area contributed by atoms with Crippen LogP contribution in [0.5, 0.6) is 5.75 Å². The summed E-state index contributed by atoms with van der Waals surface area (Å²) in [5.74, 6) is -10.5. The van der Waals surface area contributed by atoms with Crippen molar-refractivity contribution in [2.45, 2.75) is 38.0 Å². The van der Waals surface area contributed by atoms with Crippen molar-refractivity contribution in [2.24, 2.45) is 0 Å². The molecule has 0 saturated heterocycles. The molecule has 0 aliphatic carbocycles. The maximum absolute atomic E-state index is 15.3. The normalized spacial score (nSPS) is 12.1. The number of ether oxygens (including phenoxy) is 1. The SMILES string of the molecule is C=CCC/C=C/CCc1ccc(-c2cc(F)c(-c3cc(F)c(C(F)(F)Oc4ccc(-c5cc(F)c(C(F)(F)F)c(F)c5)c(F)c4)c(Cl)c3)c(F)c2)cc1. The fourth-order valence-electron chi connectivity index (χ4n) is 5.57. The number of allylic oxidation sites excluding steroid dienone is 3. The molecule has 0 N–H and O–H groups in total. The van der Waals surface area contributed by atoms with Gasteiger partial charge in [0.15, 0.2) is 0 Å². The first-order valence-electron chi connectivity index (χ1n) is 15.8. The highest BCUT2D eigenvalue weighted by molar-refractivity contribution is 6.31. The standard InChI is InChI=1S/C40H26ClF11O/c1-2-3-4-5-6-7-8-22-9-11-23(12-10-22)24-16-31(43)36(32(44)17-24)26-15-29(41)37(33(45)20-26)40(51,52)53-27-13-14-28(30(42)21-27)25-18-34(46)38(35(47)19-25)39(48,49)50/h2,5-6,9-21H,1,3-4,7-8H2/b6-5+. The topological polar surface area (TPSA) is 9.23 Å². The van der Waals surface area contributed by atoms with Crippen LogP contribution in [-0.2, 0) is 18.7 Å². The molecule has 0 unspecified atom stereocenters. The third-order valence-corrected chi connectivity index (χ3v) is 8.38. The molecule has 0 saturated carbocycles. The van der Waals surface area contributed by atoms with Gasteiger partial charge in [0.2, 0.25) is 0 Å². The molecular weight excluding hydrogens is 741 g/mol. The van der Waals surface area contributed by atoms with E-state index < -0.39 is 91.3 Å². The number of rotatable bonds is 12. The zero-order valence-corrected chi connectivity index (χ0v) is 28.0. The quantitative estimate of drug-likeness (QED) is 0.0698. The number of halogens is 12. The second-order valence-corrected chi connectivity index (χ2v) is 12.2. The van der Waals surface area contributed by atoms with Crippen LogP contribution in [0.25, 0.3) is 33.4 Å². The lowest BCUT2D eigenvalue weighted by Gasteiger charge is -2.21. The average molecular weight is 767 g/mol. The molecule has 0 aliphatic heterocycles. The van der Waals surface area contributed by atoms with Crippen LogP contribution in [0.1, 0.15) is 36.0 Å². The van der Waals surface area contributed by atoms with E-state index in [0.717, 1.165) is 43.4 Å². The van der Waals surface area contributed by atoms with Gasteiger partial charge in [-0.3, -0.25) is 0 Å². The molecule has 0 radical (unpaired) electrons. The number of unbranched alkanes of at least 4 members (excludes halogenated alkanes) is 1. The van der Waals surface area contributed by atoms with E-state index in [1.807, 2.05) is 18.2 Å². The van der Waals surface area contributed by atoms with Crippen LogP contribution in [-0.4, -0.2) is 0 Å². The lowest BCUT2D eigenvalue weighted by Crippen LogP contribution is -2.24. The van der Waals surface area contributed by atoms with Crippen molar-refractivity contribution >= 4 is 11.6 Å². The van der Waals surface area contributed by atoms with Crippen LogP contribution < -0.4 is 4.74 Å². The van der Waals surface area contributed by atoms with Crippen molar-refractivity contribution in [2.75, 3.05) is 0 Å². The Morgan fingerprint density at radius 3 is 1.70 bits per heavy atom. The van der Waals surface area contributed by atoms with E-state index in [-0.39, 0.29) is 17.7 Å². The zero-order valence-electron chi connectivity index (χ0n) is 27.2. The van der Waals surface area contributed by atoms with E-state index in [2.05, 4.69) is 23.5 Å². The first-order chi connectivity index (χ1) is 25.0. The molecule has 0 atom stereocenters. The Balaban J connectivity index is 1.35. The molecule has 53 heavy (non-hydrogen) atoms. The number of hydrogen-bond acceptors (Lipinski definition) is 1. The summed E-state index contributed by atoms with van der Waals surface area (Å²) >= 11 is 5.98. The van der Waals surface area contributed by atoms with E-state index in [1.54, 1.807) is 12.1 Å². The number of benzene rings is 5. The summed E-state index contributed by atoms with van der Waals surface area (Å²) < 4.78 is 163. The van der Waals surface area contributed by atoms with Gasteiger partial charge in [0.05, 0.1) is 10.6 Å². The molecule has 13 heteroatoms. The second-order valence-electron chi connectivity index (χ2n) is 11.8. The largest absolute Gasteiger partial charge is 0.431 e. The van der Waals surface area contributed by atoms with Gasteiger partial charge >= 0.3 is 12.3 Å². The summed E-state index contributed by atoms with van der Waals surface area (Å²) in [5, 5.41) is -1.01. The summed E-state index contributed by atoms with van der Waals surface area (Å²) in [6.45, 7) is 3.67. The molecule has 0 aliphatic rings. The van der Waals surface area contributed by atoms with Gasteiger partial charge in [0.25, 0.3) is 0 Å². The third-order valence-electron chi connectivity index (χ3n) is 8.08.